The molecule has 1 aliphatic rings. The van der Waals surface area contributed by atoms with E-state index in [1.807, 2.05) is 54.3 Å². The molecule has 138 valence electrons. The zero-order valence-corrected chi connectivity index (χ0v) is 17.2. The summed E-state index contributed by atoms with van der Waals surface area (Å²) in [5.41, 5.74) is 2.37. The van der Waals surface area contributed by atoms with E-state index in [9.17, 15) is 4.79 Å². The Morgan fingerprint density at radius 1 is 1.00 bits per heavy atom. The van der Waals surface area contributed by atoms with E-state index in [0.717, 1.165) is 41.8 Å². The lowest BCUT2D eigenvalue weighted by Crippen LogP contribution is -2.50. The normalized spacial score (nSPS) is 15.8. The molecule has 3 rings (SSSR count). The van der Waals surface area contributed by atoms with Gasteiger partial charge < -0.3 is 9.80 Å². The predicted molar refractivity (Wildman–Crippen MR) is 112 cm³/mol. The van der Waals surface area contributed by atoms with E-state index >= 15 is 0 Å². The maximum atomic E-state index is 12.8. The van der Waals surface area contributed by atoms with Gasteiger partial charge in [0.15, 0.2) is 0 Å². The molecule has 2 aromatic rings. The molecule has 0 spiro atoms. The molecule has 0 aromatic heterocycles. The van der Waals surface area contributed by atoms with Crippen molar-refractivity contribution in [2.75, 3.05) is 31.1 Å². The molecule has 1 aliphatic heterocycles. The molecule has 0 radical (unpaired) electrons. The van der Waals surface area contributed by atoms with Gasteiger partial charge >= 0.3 is 0 Å². The van der Waals surface area contributed by atoms with Crippen LogP contribution in [-0.2, 0) is 4.79 Å². The third-order valence-electron chi connectivity index (χ3n) is 4.58. The number of thioether (sulfide) groups is 1. The van der Waals surface area contributed by atoms with Crippen molar-refractivity contribution in [3.05, 3.63) is 58.1 Å². The number of anilines is 1. The minimum absolute atomic E-state index is 0.115. The molecule has 1 amide bonds. The summed E-state index contributed by atoms with van der Waals surface area (Å²) in [6.45, 7) is 7.17. The smallest absolute Gasteiger partial charge is 0.235 e. The van der Waals surface area contributed by atoms with E-state index in [0.29, 0.717) is 5.02 Å². The van der Waals surface area contributed by atoms with Crippen molar-refractivity contribution in [3.63, 3.8) is 0 Å². The molecule has 1 unspecified atom stereocenters. The van der Waals surface area contributed by atoms with Crippen molar-refractivity contribution in [1.29, 1.82) is 0 Å². The minimum atomic E-state index is -0.115. The molecule has 1 heterocycles. The van der Waals surface area contributed by atoms with Gasteiger partial charge in [-0.25, -0.2) is 0 Å². The third kappa shape index (κ3) is 4.67. The summed E-state index contributed by atoms with van der Waals surface area (Å²) in [7, 11) is 0. The number of nitrogens with zero attached hydrogens (tertiary/aromatic N) is 2. The Morgan fingerprint density at radius 3 is 2.27 bits per heavy atom. The van der Waals surface area contributed by atoms with Crippen molar-refractivity contribution in [3.8, 4) is 0 Å². The average Bonchev–Trinajstić information content (AvgIpc) is 2.65. The Morgan fingerprint density at radius 2 is 1.62 bits per heavy atom. The van der Waals surface area contributed by atoms with E-state index < -0.39 is 0 Å². The monoisotopic (exact) mass is 408 g/mol. The Bertz CT molecular complexity index is 774. The Kier molecular flexibility index (Phi) is 6.38. The van der Waals surface area contributed by atoms with Crippen LogP contribution in [0, 0.1) is 6.92 Å². The summed E-state index contributed by atoms with van der Waals surface area (Å²) in [5.74, 6) is 0.187. The second-order valence-electron chi connectivity index (χ2n) is 6.46. The van der Waals surface area contributed by atoms with Crippen molar-refractivity contribution in [1.82, 2.24) is 4.90 Å². The van der Waals surface area contributed by atoms with Gasteiger partial charge in [-0.2, -0.15) is 0 Å². The van der Waals surface area contributed by atoms with Crippen LogP contribution in [0.1, 0.15) is 12.5 Å². The lowest BCUT2D eigenvalue weighted by atomic mass is 10.1. The highest BCUT2D eigenvalue weighted by Crippen LogP contribution is 2.28. The molecular formula is C20H22Cl2N2OS. The largest absolute Gasteiger partial charge is 0.368 e. The van der Waals surface area contributed by atoms with Crippen LogP contribution < -0.4 is 4.90 Å². The molecule has 0 aliphatic carbocycles. The van der Waals surface area contributed by atoms with Crippen molar-refractivity contribution in [2.24, 2.45) is 0 Å². The first-order chi connectivity index (χ1) is 12.4. The summed E-state index contributed by atoms with van der Waals surface area (Å²) in [5, 5.41) is 1.34. The number of aryl methyl sites for hydroxylation is 1. The van der Waals surface area contributed by atoms with Gasteiger partial charge in [-0.05, 0) is 55.8 Å². The predicted octanol–water partition coefficient (Wildman–Crippen LogP) is 5.13. The molecule has 2 aromatic carbocycles. The zero-order valence-electron chi connectivity index (χ0n) is 14.9. The van der Waals surface area contributed by atoms with E-state index in [4.69, 9.17) is 23.2 Å². The van der Waals surface area contributed by atoms with Crippen LogP contribution in [0.5, 0.6) is 0 Å². The number of carbonyl (C=O) groups is 1. The molecular weight excluding hydrogens is 387 g/mol. The molecule has 1 atom stereocenters. The number of benzene rings is 2. The average molecular weight is 409 g/mol. The summed E-state index contributed by atoms with van der Waals surface area (Å²) in [4.78, 5) is 18.1. The quantitative estimate of drug-likeness (QED) is 0.654. The second-order valence-corrected chi connectivity index (χ2v) is 8.74. The van der Waals surface area contributed by atoms with Gasteiger partial charge in [0, 0.05) is 46.8 Å². The van der Waals surface area contributed by atoms with E-state index in [1.165, 1.54) is 5.56 Å². The minimum Gasteiger partial charge on any atom is -0.368 e. The third-order valence-corrected chi connectivity index (χ3v) is 6.16. The summed E-state index contributed by atoms with van der Waals surface area (Å²) >= 11 is 13.6. The van der Waals surface area contributed by atoms with Crippen LogP contribution in [0.3, 0.4) is 0 Å². The fourth-order valence-electron chi connectivity index (χ4n) is 3.12. The zero-order chi connectivity index (χ0) is 18.7. The summed E-state index contributed by atoms with van der Waals surface area (Å²) in [6, 6.07) is 13.6. The van der Waals surface area contributed by atoms with Crippen LogP contribution in [0.2, 0.25) is 10.0 Å². The van der Waals surface area contributed by atoms with E-state index in [-0.39, 0.29) is 11.2 Å². The van der Waals surface area contributed by atoms with Gasteiger partial charge in [0.1, 0.15) is 0 Å². The SMILES string of the molecule is Cc1ccc(Cl)cc1N1CCN(C(=O)C(C)Sc2ccc(Cl)cc2)CC1. The number of halogens is 2. The number of rotatable bonds is 4. The Balaban J connectivity index is 1.57. The number of hydrogen-bond acceptors (Lipinski definition) is 3. The molecule has 0 N–H and O–H groups in total. The van der Waals surface area contributed by atoms with Crippen LogP contribution >= 0.6 is 35.0 Å². The van der Waals surface area contributed by atoms with Crippen LogP contribution in [0.4, 0.5) is 5.69 Å². The summed E-state index contributed by atoms with van der Waals surface area (Å²) < 4.78 is 0. The molecule has 3 nitrogen and oxygen atoms in total. The molecule has 1 saturated heterocycles. The van der Waals surface area contributed by atoms with Gasteiger partial charge in [0.25, 0.3) is 0 Å². The number of amides is 1. The highest BCUT2D eigenvalue weighted by Gasteiger charge is 2.26. The molecule has 1 fully saturated rings. The molecule has 0 saturated carbocycles. The lowest BCUT2D eigenvalue weighted by Gasteiger charge is -2.37. The highest BCUT2D eigenvalue weighted by atomic mass is 35.5. The van der Waals surface area contributed by atoms with Gasteiger partial charge in [0.05, 0.1) is 5.25 Å². The van der Waals surface area contributed by atoms with E-state index in [2.05, 4.69) is 11.8 Å². The van der Waals surface area contributed by atoms with Crippen molar-refractivity contribution in [2.45, 2.75) is 24.0 Å². The van der Waals surface area contributed by atoms with Crippen LogP contribution in [-0.4, -0.2) is 42.2 Å². The standard InChI is InChI=1S/C20H22Cl2N2OS/c1-14-3-4-17(22)13-19(14)23-9-11-24(12-10-23)20(25)15(2)26-18-7-5-16(21)6-8-18/h3-8,13,15H,9-12H2,1-2H3. The van der Waals surface area contributed by atoms with Gasteiger partial charge in [-0.1, -0.05) is 29.3 Å². The van der Waals surface area contributed by atoms with E-state index in [1.54, 1.807) is 11.8 Å². The first-order valence-electron chi connectivity index (χ1n) is 8.66. The molecule has 6 heteroatoms. The highest BCUT2D eigenvalue weighted by molar-refractivity contribution is 8.00. The lowest BCUT2D eigenvalue weighted by molar-refractivity contribution is -0.130. The Labute approximate surface area is 169 Å². The first kappa shape index (κ1) is 19.4. The summed E-state index contributed by atoms with van der Waals surface area (Å²) in [6.07, 6.45) is 0. The van der Waals surface area contributed by atoms with Gasteiger partial charge in [0.2, 0.25) is 5.91 Å². The molecule has 26 heavy (non-hydrogen) atoms. The maximum absolute atomic E-state index is 12.8. The molecule has 0 bridgehead atoms. The fraction of sp³-hybridized carbons (Fsp3) is 0.350. The fourth-order valence-corrected chi connectivity index (χ4v) is 4.36. The number of hydrogen-bond donors (Lipinski definition) is 0. The Hall–Kier alpha value is -1.36. The number of carbonyl (C=O) groups excluding carboxylic acids is 1. The number of piperazine rings is 1. The first-order valence-corrected chi connectivity index (χ1v) is 10.3. The van der Waals surface area contributed by atoms with Crippen molar-refractivity contribution >= 4 is 46.6 Å². The van der Waals surface area contributed by atoms with Gasteiger partial charge in [-0.15, -0.1) is 11.8 Å². The van der Waals surface area contributed by atoms with Gasteiger partial charge in [-0.3, -0.25) is 4.79 Å². The topological polar surface area (TPSA) is 23.6 Å². The van der Waals surface area contributed by atoms with Crippen molar-refractivity contribution < 1.29 is 4.79 Å². The van der Waals surface area contributed by atoms with Crippen LogP contribution in [0.25, 0.3) is 0 Å². The van der Waals surface area contributed by atoms with Crippen LogP contribution in [0.15, 0.2) is 47.4 Å². The second kappa shape index (κ2) is 8.55. The maximum Gasteiger partial charge on any atom is 0.235 e.